The van der Waals surface area contributed by atoms with Crippen LogP contribution in [0.5, 0.6) is 0 Å². The van der Waals surface area contributed by atoms with E-state index in [0.717, 1.165) is 31.6 Å². The smallest absolute Gasteiger partial charge is 0.290 e. The lowest BCUT2D eigenvalue weighted by molar-refractivity contribution is 0.159. The molecule has 0 saturated carbocycles. The minimum atomic E-state index is -0.00117. The van der Waals surface area contributed by atoms with Crippen molar-refractivity contribution in [2.45, 2.75) is 39.3 Å². The van der Waals surface area contributed by atoms with Gasteiger partial charge in [-0.1, -0.05) is 42.5 Å². The van der Waals surface area contributed by atoms with Crippen LogP contribution >= 0.6 is 0 Å². The van der Waals surface area contributed by atoms with Crippen molar-refractivity contribution < 1.29 is 4.52 Å². The Morgan fingerprint density at radius 1 is 0.967 bits per heavy atom. The maximum atomic E-state index is 12.5. The summed E-state index contributed by atoms with van der Waals surface area (Å²) in [5.74, 6) is 0.653. The fraction of sp³-hybridized carbons (Fsp3) is 0.346. The van der Waals surface area contributed by atoms with Gasteiger partial charge in [-0.15, -0.1) is 0 Å². The lowest BCUT2D eigenvalue weighted by Gasteiger charge is -2.32. The van der Waals surface area contributed by atoms with Crippen molar-refractivity contribution in [2.75, 3.05) is 13.1 Å². The summed E-state index contributed by atoms with van der Waals surface area (Å²) in [6, 6.07) is 21.1. The third-order valence-electron chi connectivity index (χ3n) is 6.47. The van der Waals surface area contributed by atoms with Crippen LogP contribution in [0, 0.1) is 12.8 Å². The topological polar surface area (TPSA) is 38.4 Å². The molecule has 0 bridgehead atoms. The third kappa shape index (κ3) is 3.92. The predicted molar refractivity (Wildman–Crippen MR) is 122 cm³/mol. The largest absolute Gasteiger partial charge is 0.376 e. The fourth-order valence-corrected chi connectivity index (χ4v) is 4.65. The number of rotatable bonds is 5. The molecule has 0 unspecified atom stereocenters. The number of nitrogens with zero attached hydrogens (tertiary/aromatic N) is 2. The third-order valence-corrected chi connectivity index (χ3v) is 6.47. The first-order chi connectivity index (χ1) is 14.7. The van der Waals surface area contributed by atoms with E-state index in [9.17, 15) is 4.79 Å². The predicted octanol–water partition coefficient (Wildman–Crippen LogP) is 5.36. The Morgan fingerprint density at radius 3 is 2.60 bits per heavy atom. The Balaban J connectivity index is 1.16. The van der Waals surface area contributed by atoms with Crippen molar-refractivity contribution in [2.24, 2.45) is 5.92 Å². The van der Waals surface area contributed by atoms with Crippen molar-refractivity contribution in [3.63, 3.8) is 0 Å². The zero-order valence-corrected chi connectivity index (χ0v) is 17.5. The monoisotopic (exact) mass is 400 g/mol. The SMILES string of the molecule is Cc1ccc2c(=O)n(CCC3CCN(Cc4ccc5ccccc5c4)CC3)oc2c1. The van der Waals surface area contributed by atoms with Gasteiger partial charge < -0.3 is 4.52 Å². The van der Waals surface area contributed by atoms with E-state index in [1.807, 2.05) is 25.1 Å². The van der Waals surface area contributed by atoms with Crippen LogP contribution in [0.1, 0.15) is 30.4 Å². The van der Waals surface area contributed by atoms with Crippen LogP contribution in [0.2, 0.25) is 0 Å². The summed E-state index contributed by atoms with van der Waals surface area (Å²) in [4.78, 5) is 15.1. The van der Waals surface area contributed by atoms with Crippen molar-refractivity contribution in [1.82, 2.24) is 9.64 Å². The molecule has 1 aliphatic rings. The molecule has 154 valence electrons. The zero-order chi connectivity index (χ0) is 20.5. The number of aromatic nitrogens is 1. The lowest BCUT2D eigenvalue weighted by Crippen LogP contribution is -2.33. The van der Waals surface area contributed by atoms with Gasteiger partial charge in [0.25, 0.3) is 5.56 Å². The molecule has 5 rings (SSSR count). The van der Waals surface area contributed by atoms with Gasteiger partial charge in [-0.05, 0) is 85.3 Å². The first-order valence-corrected chi connectivity index (χ1v) is 11.0. The molecule has 4 heteroatoms. The van der Waals surface area contributed by atoms with E-state index in [-0.39, 0.29) is 5.56 Å². The number of hydrogen-bond acceptors (Lipinski definition) is 3. The molecule has 0 spiro atoms. The summed E-state index contributed by atoms with van der Waals surface area (Å²) in [6.45, 7) is 5.93. The number of fused-ring (bicyclic) bond motifs is 2. The molecule has 30 heavy (non-hydrogen) atoms. The van der Waals surface area contributed by atoms with E-state index < -0.39 is 0 Å². The second-order valence-corrected chi connectivity index (χ2v) is 8.69. The van der Waals surface area contributed by atoms with Crippen molar-refractivity contribution in [3.05, 3.63) is 82.1 Å². The number of benzene rings is 3. The van der Waals surface area contributed by atoms with Crippen molar-refractivity contribution in [1.29, 1.82) is 0 Å². The summed E-state index contributed by atoms with van der Waals surface area (Å²) < 4.78 is 7.35. The molecular weight excluding hydrogens is 372 g/mol. The second-order valence-electron chi connectivity index (χ2n) is 8.69. The summed E-state index contributed by atoms with van der Waals surface area (Å²) in [6.07, 6.45) is 3.37. The van der Waals surface area contributed by atoms with E-state index in [1.165, 1.54) is 29.2 Å². The molecular formula is C26H28N2O2. The Bertz CT molecular complexity index is 1230. The Hall–Kier alpha value is -2.85. The van der Waals surface area contributed by atoms with Crippen LogP contribution < -0.4 is 5.56 Å². The number of likely N-dealkylation sites (tertiary alicyclic amines) is 1. The molecule has 0 atom stereocenters. The van der Waals surface area contributed by atoms with Crippen LogP contribution in [0.4, 0.5) is 0 Å². The molecule has 4 aromatic rings. The van der Waals surface area contributed by atoms with Crippen LogP contribution in [-0.2, 0) is 13.1 Å². The molecule has 4 nitrogen and oxygen atoms in total. The average molecular weight is 401 g/mol. The lowest BCUT2D eigenvalue weighted by atomic mass is 9.93. The first-order valence-electron chi connectivity index (χ1n) is 11.0. The molecule has 0 N–H and O–H groups in total. The van der Waals surface area contributed by atoms with E-state index in [2.05, 4.69) is 47.4 Å². The van der Waals surface area contributed by atoms with E-state index in [0.29, 0.717) is 23.4 Å². The van der Waals surface area contributed by atoms with Crippen molar-refractivity contribution in [3.8, 4) is 0 Å². The molecule has 0 radical (unpaired) electrons. The van der Waals surface area contributed by atoms with Gasteiger partial charge in [0.1, 0.15) is 0 Å². The molecule has 3 aromatic carbocycles. The summed E-state index contributed by atoms with van der Waals surface area (Å²) in [5.41, 5.74) is 3.20. The Labute approximate surface area is 176 Å². The van der Waals surface area contributed by atoms with Gasteiger partial charge in [-0.3, -0.25) is 9.69 Å². The summed E-state index contributed by atoms with van der Waals surface area (Å²) in [7, 11) is 0. The number of aryl methyl sites for hydroxylation is 2. The van der Waals surface area contributed by atoms with E-state index in [4.69, 9.17) is 4.52 Å². The highest BCUT2D eigenvalue weighted by Crippen LogP contribution is 2.24. The van der Waals surface area contributed by atoms with Gasteiger partial charge in [0, 0.05) is 6.54 Å². The molecule has 1 fully saturated rings. The molecule has 0 aliphatic carbocycles. The normalized spacial score (nSPS) is 15.9. The van der Waals surface area contributed by atoms with Gasteiger partial charge in [-0.25, -0.2) is 0 Å². The summed E-state index contributed by atoms with van der Waals surface area (Å²) >= 11 is 0. The quantitative estimate of drug-likeness (QED) is 0.453. The molecule has 0 amide bonds. The van der Waals surface area contributed by atoms with Gasteiger partial charge in [0.15, 0.2) is 5.58 Å². The maximum absolute atomic E-state index is 12.5. The van der Waals surface area contributed by atoms with Crippen LogP contribution in [0.15, 0.2) is 70.0 Å². The van der Waals surface area contributed by atoms with Gasteiger partial charge >= 0.3 is 0 Å². The van der Waals surface area contributed by atoms with Crippen LogP contribution in [0.3, 0.4) is 0 Å². The van der Waals surface area contributed by atoms with Crippen LogP contribution in [-0.4, -0.2) is 22.7 Å². The minimum Gasteiger partial charge on any atom is -0.376 e. The molecule has 1 aromatic heterocycles. The Morgan fingerprint density at radius 2 is 1.77 bits per heavy atom. The Kier molecular flexibility index (Phi) is 5.17. The molecule has 1 aliphatic heterocycles. The fourth-order valence-electron chi connectivity index (χ4n) is 4.65. The van der Waals surface area contributed by atoms with Gasteiger partial charge in [-0.2, -0.15) is 4.74 Å². The van der Waals surface area contributed by atoms with Crippen LogP contribution in [0.25, 0.3) is 21.7 Å². The molecule has 1 saturated heterocycles. The highest BCUT2D eigenvalue weighted by Gasteiger charge is 2.20. The maximum Gasteiger partial charge on any atom is 0.290 e. The number of piperidine rings is 1. The van der Waals surface area contributed by atoms with Gasteiger partial charge in [0.2, 0.25) is 0 Å². The van der Waals surface area contributed by atoms with Gasteiger partial charge in [0.05, 0.1) is 11.9 Å². The highest BCUT2D eigenvalue weighted by atomic mass is 16.5. The van der Waals surface area contributed by atoms with Crippen molar-refractivity contribution >= 4 is 21.7 Å². The average Bonchev–Trinajstić information content (AvgIpc) is 3.08. The zero-order valence-electron chi connectivity index (χ0n) is 17.5. The minimum absolute atomic E-state index is 0.00117. The highest BCUT2D eigenvalue weighted by molar-refractivity contribution is 5.83. The summed E-state index contributed by atoms with van der Waals surface area (Å²) in [5, 5.41) is 3.30. The molecule has 2 heterocycles. The number of hydrogen-bond donors (Lipinski definition) is 0. The second kappa shape index (κ2) is 8.11. The van der Waals surface area contributed by atoms with E-state index >= 15 is 0 Å². The first kappa shape index (κ1) is 19.1. The van der Waals surface area contributed by atoms with E-state index in [1.54, 1.807) is 4.74 Å². The standard InChI is InChI=1S/C26H28N2O2/c1-19-6-9-24-25(16-19)30-28(26(24)29)15-12-20-10-13-27(14-11-20)18-21-7-8-22-4-2-3-5-23(22)17-21/h2-9,16-17,20H,10-15,18H2,1H3.